The fraction of sp³-hybridized carbons (Fsp3) is 0.0909. The van der Waals surface area contributed by atoms with Gasteiger partial charge in [-0.2, -0.15) is 0 Å². The molecule has 1 aliphatic rings. The molecule has 0 aliphatic carbocycles. The van der Waals surface area contributed by atoms with Crippen molar-refractivity contribution in [2.24, 2.45) is 0 Å². The van der Waals surface area contributed by atoms with E-state index in [-0.39, 0.29) is 0 Å². The predicted octanol–water partition coefficient (Wildman–Crippen LogP) is 0.290. The Bertz CT molecular complexity index is 563. The van der Waals surface area contributed by atoms with Crippen molar-refractivity contribution in [2.45, 2.75) is 0 Å². The Morgan fingerprint density at radius 2 is 2.08 bits per heavy atom. The van der Waals surface area contributed by atoms with Gasteiger partial charge in [0.15, 0.2) is 0 Å². The number of rotatable bonds is 0. The van der Waals surface area contributed by atoms with Crippen LogP contribution in [-0.4, -0.2) is 11.5 Å². The van der Waals surface area contributed by atoms with Gasteiger partial charge in [0, 0.05) is 28.9 Å². The summed E-state index contributed by atoms with van der Waals surface area (Å²) in [5, 5.41) is 7.02. The largest absolute Gasteiger partial charge is 0.386 e. The molecule has 2 nitrogen and oxygen atoms in total. The molecule has 0 fully saturated rings. The van der Waals surface area contributed by atoms with Crippen LogP contribution in [0.1, 0.15) is 0 Å². The van der Waals surface area contributed by atoms with Crippen molar-refractivity contribution in [3.8, 4) is 0 Å². The molecular weight excluding hydrogens is 160 g/mol. The van der Waals surface area contributed by atoms with Crippen LogP contribution in [0.5, 0.6) is 0 Å². The van der Waals surface area contributed by atoms with Crippen LogP contribution in [0.25, 0.3) is 23.2 Å². The first-order chi connectivity index (χ1) is 6.45. The maximum Gasteiger partial charge on any atom is 0.0621 e. The number of benzene rings is 1. The van der Waals surface area contributed by atoms with Crippen molar-refractivity contribution in [1.29, 1.82) is 0 Å². The molecule has 2 heterocycles. The molecule has 2 heteroatoms. The molecule has 0 spiro atoms. The summed E-state index contributed by atoms with van der Waals surface area (Å²) in [5.74, 6) is 0. The number of H-pyrrole nitrogens is 1. The van der Waals surface area contributed by atoms with Gasteiger partial charge in [0.05, 0.1) is 5.35 Å². The summed E-state index contributed by atoms with van der Waals surface area (Å²) in [4.78, 5) is 3.37. The Balaban J connectivity index is 2.63. The topological polar surface area (TPSA) is 27.8 Å². The standard InChI is InChI=1S/C11H10N2/c1-2-4-10-8(3-1)9-5-6-12-7-11(9)13-10/h1-5,7,12-13H,6H2. The van der Waals surface area contributed by atoms with E-state index in [1.807, 2.05) is 6.20 Å². The lowest BCUT2D eigenvalue weighted by Crippen LogP contribution is -2.31. The van der Waals surface area contributed by atoms with Gasteiger partial charge in [-0.25, -0.2) is 0 Å². The van der Waals surface area contributed by atoms with Crippen molar-refractivity contribution in [3.63, 3.8) is 0 Å². The van der Waals surface area contributed by atoms with Crippen LogP contribution in [0.15, 0.2) is 24.3 Å². The monoisotopic (exact) mass is 170 g/mol. The Hall–Kier alpha value is -1.70. The zero-order chi connectivity index (χ0) is 8.67. The molecule has 13 heavy (non-hydrogen) atoms. The van der Waals surface area contributed by atoms with E-state index in [4.69, 9.17) is 0 Å². The second-order valence-corrected chi connectivity index (χ2v) is 3.25. The third kappa shape index (κ3) is 0.886. The fourth-order valence-electron chi connectivity index (χ4n) is 1.84. The van der Waals surface area contributed by atoms with E-state index in [1.165, 1.54) is 21.5 Å². The average molecular weight is 170 g/mol. The first-order valence-electron chi connectivity index (χ1n) is 4.46. The maximum absolute atomic E-state index is 3.37. The number of fused-ring (bicyclic) bond motifs is 3. The average Bonchev–Trinajstić information content (AvgIpc) is 2.56. The quantitative estimate of drug-likeness (QED) is 0.584. The molecule has 1 aromatic carbocycles. The van der Waals surface area contributed by atoms with Gasteiger partial charge in [-0.1, -0.05) is 24.3 Å². The Morgan fingerprint density at radius 1 is 1.15 bits per heavy atom. The van der Waals surface area contributed by atoms with Crippen molar-refractivity contribution < 1.29 is 0 Å². The molecule has 1 aliphatic heterocycles. The number of hydrogen-bond donors (Lipinski definition) is 2. The molecule has 3 rings (SSSR count). The highest BCUT2D eigenvalue weighted by molar-refractivity contribution is 5.81. The lowest BCUT2D eigenvalue weighted by Gasteiger charge is -1.97. The second kappa shape index (κ2) is 2.39. The first kappa shape index (κ1) is 6.78. The molecular formula is C11H10N2. The summed E-state index contributed by atoms with van der Waals surface area (Å²) in [7, 11) is 0. The summed E-state index contributed by atoms with van der Waals surface area (Å²) < 4.78 is 0. The number of nitrogens with one attached hydrogen (secondary N) is 2. The highest BCUT2D eigenvalue weighted by atomic mass is 14.9. The molecule has 0 unspecified atom stereocenters. The Labute approximate surface area is 75.6 Å². The van der Waals surface area contributed by atoms with Gasteiger partial charge in [-0.3, -0.25) is 0 Å². The van der Waals surface area contributed by atoms with E-state index >= 15 is 0 Å². The van der Waals surface area contributed by atoms with Crippen LogP contribution in [0.2, 0.25) is 0 Å². The molecule has 0 saturated carbocycles. The molecule has 0 bridgehead atoms. The normalized spacial score (nSPS) is 14.2. The SMILES string of the molecule is C1=c2[nH]c3ccccc3c2=CCN1. The van der Waals surface area contributed by atoms with Crippen molar-refractivity contribution in [1.82, 2.24) is 10.3 Å². The molecule has 0 atom stereocenters. The Morgan fingerprint density at radius 3 is 3.08 bits per heavy atom. The van der Waals surface area contributed by atoms with Gasteiger partial charge in [-0.15, -0.1) is 0 Å². The van der Waals surface area contributed by atoms with Crippen molar-refractivity contribution in [3.05, 3.63) is 34.8 Å². The zero-order valence-electron chi connectivity index (χ0n) is 7.17. The second-order valence-electron chi connectivity index (χ2n) is 3.25. The maximum atomic E-state index is 3.37. The van der Waals surface area contributed by atoms with E-state index < -0.39 is 0 Å². The molecule has 1 aromatic heterocycles. The van der Waals surface area contributed by atoms with Gasteiger partial charge < -0.3 is 10.3 Å². The third-order valence-electron chi connectivity index (χ3n) is 2.45. The first-order valence-corrected chi connectivity index (χ1v) is 4.46. The minimum absolute atomic E-state index is 0.925. The number of para-hydroxylation sites is 1. The number of aromatic amines is 1. The van der Waals surface area contributed by atoms with E-state index in [0.29, 0.717) is 0 Å². The smallest absolute Gasteiger partial charge is 0.0621 e. The van der Waals surface area contributed by atoms with Crippen LogP contribution >= 0.6 is 0 Å². The van der Waals surface area contributed by atoms with Gasteiger partial charge in [0.1, 0.15) is 0 Å². The summed E-state index contributed by atoms with van der Waals surface area (Å²) in [6.45, 7) is 0.925. The Kier molecular flexibility index (Phi) is 1.25. The van der Waals surface area contributed by atoms with Crippen LogP contribution in [0, 0.1) is 0 Å². The lowest BCUT2D eigenvalue weighted by atomic mass is 10.2. The summed E-state index contributed by atoms with van der Waals surface area (Å²) in [6, 6.07) is 8.39. The van der Waals surface area contributed by atoms with Crippen LogP contribution < -0.4 is 15.9 Å². The van der Waals surface area contributed by atoms with Crippen LogP contribution in [0.3, 0.4) is 0 Å². The van der Waals surface area contributed by atoms with Crippen molar-refractivity contribution in [2.75, 3.05) is 6.54 Å². The predicted molar refractivity (Wildman–Crippen MR) is 54.5 cm³/mol. The highest BCUT2D eigenvalue weighted by Crippen LogP contribution is 2.03. The van der Waals surface area contributed by atoms with Crippen LogP contribution in [0.4, 0.5) is 0 Å². The van der Waals surface area contributed by atoms with Gasteiger partial charge in [0.2, 0.25) is 0 Å². The van der Waals surface area contributed by atoms with E-state index in [2.05, 4.69) is 40.6 Å². The van der Waals surface area contributed by atoms with Gasteiger partial charge in [-0.05, 0) is 6.07 Å². The molecule has 2 aromatic rings. The summed E-state index contributed by atoms with van der Waals surface area (Å²) >= 11 is 0. The summed E-state index contributed by atoms with van der Waals surface area (Å²) in [6.07, 6.45) is 4.25. The highest BCUT2D eigenvalue weighted by Gasteiger charge is 2.00. The number of aromatic nitrogens is 1. The summed E-state index contributed by atoms with van der Waals surface area (Å²) in [5.41, 5.74) is 1.21. The van der Waals surface area contributed by atoms with E-state index in [1.54, 1.807) is 0 Å². The lowest BCUT2D eigenvalue weighted by molar-refractivity contribution is 1.04. The molecule has 2 N–H and O–H groups in total. The minimum atomic E-state index is 0.925. The van der Waals surface area contributed by atoms with Gasteiger partial charge in [0.25, 0.3) is 0 Å². The molecule has 64 valence electrons. The van der Waals surface area contributed by atoms with E-state index in [0.717, 1.165) is 6.54 Å². The third-order valence-corrected chi connectivity index (χ3v) is 2.45. The number of hydrogen-bond acceptors (Lipinski definition) is 1. The van der Waals surface area contributed by atoms with Crippen LogP contribution in [-0.2, 0) is 0 Å². The van der Waals surface area contributed by atoms with Crippen molar-refractivity contribution >= 4 is 23.2 Å². The molecule has 0 radical (unpaired) electrons. The minimum Gasteiger partial charge on any atom is -0.386 e. The molecule has 0 saturated heterocycles. The zero-order valence-corrected chi connectivity index (χ0v) is 7.17. The van der Waals surface area contributed by atoms with Gasteiger partial charge >= 0.3 is 0 Å². The van der Waals surface area contributed by atoms with E-state index in [9.17, 15) is 0 Å². The fourth-order valence-corrected chi connectivity index (χ4v) is 1.84. The molecule has 0 amide bonds.